The van der Waals surface area contributed by atoms with E-state index in [1.165, 1.54) is 11.1 Å². The van der Waals surface area contributed by atoms with Crippen molar-refractivity contribution in [1.29, 1.82) is 0 Å². The van der Waals surface area contributed by atoms with E-state index in [1.807, 2.05) is 7.05 Å². The lowest BCUT2D eigenvalue weighted by atomic mass is 9.95. The van der Waals surface area contributed by atoms with Gasteiger partial charge in [0.2, 0.25) is 0 Å². The minimum atomic E-state index is 0.535. The first-order valence-corrected chi connectivity index (χ1v) is 5.89. The molecule has 16 heavy (non-hydrogen) atoms. The predicted octanol–water partition coefficient (Wildman–Crippen LogP) is 2.79. The molecule has 0 aliphatic heterocycles. The molecule has 0 saturated carbocycles. The molecule has 2 nitrogen and oxygen atoms in total. The average Bonchev–Trinajstić information content (AvgIpc) is 2.25. The van der Waals surface area contributed by atoms with Gasteiger partial charge in [-0.15, -0.1) is 0 Å². The third-order valence-electron chi connectivity index (χ3n) is 3.09. The van der Waals surface area contributed by atoms with Crippen LogP contribution in [-0.4, -0.2) is 20.2 Å². The molecular weight excluding hydrogens is 198 g/mol. The summed E-state index contributed by atoms with van der Waals surface area (Å²) in [6, 6.07) is 6.95. The topological polar surface area (TPSA) is 21.3 Å². The van der Waals surface area contributed by atoms with Crippen molar-refractivity contribution in [3.8, 4) is 5.75 Å². The Hall–Kier alpha value is -1.02. The highest BCUT2D eigenvalue weighted by Gasteiger charge is 2.12. The van der Waals surface area contributed by atoms with Gasteiger partial charge >= 0.3 is 0 Å². The van der Waals surface area contributed by atoms with Crippen LogP contribution in [-0.2, 0) is 6.42 Å². The molecule has 0 spiro atoms. The zero-order valence-corrected chi connectivity index (χ0v) is 11.0. The van der Waals surface area contributed by atoms with Gasteiger partial charge in [0.15, 0.2) is 0 Å². The summed E-state index contributed by atoms with van der Waals surface area (Å²) in [5.74, 6) is 1.61. The summed E-state index contributed by atoms with van der Waals surface area (Å²) in [6.07, 6.45) is 1.07. The molecule has 0 radical (unpaired) electrons. The van der Waals surface area contributed by atoms with Gasteiger partial charge in [-0.3, -0.25) is 0 Å². The first-order chi connectivity index (χ1) is 7.58. The van der Waals surface area contributed by atoms with E-state index >= 15 is 0 Å². The molecule has 90 valence electrons. The van der Waals surface area contributed by atoms with Gasteiger partial charge in [-0.25, -0.2) is 0 Å². The number of hydrogen-bond donors (Lipinski definition) is 1. The summed E-state index contributed by atoms with van der Waals surface area (Å²) in [7, 11) is 3.74. The van der Waals surface area contributed by atoms with Crippen molar-refractivity contribution in [3.05, 3.63) is 29.3 Å². The molecule has 0 aliphatic carbocycles. The molecule has 1 N–H and O–H groups in total. The molecule has 0 amide bonds. The van der Waals surface area contributed by atoms with E-state index in [4.69, 9.17) is 4.74 Å². The first kappa shape index (κ1) is 13.0. The summed E-state index contributed by atoms with van der Waals surface area (Å²) < 4.78 is 5.26. The van der Waals surface area contributed by atoms with Crippen molar-refractivity contribution in [2.24, 2.45) is 5.92 Å². The van der Waals surface area contributed by atoms with Crippen LogP contribution in [0.25, 0.3) is 0 Å². The normalized spacial score (nSPS) is 12.9. The highest BCUT2D eigenvalue weighted by Crippen LogP contribution is 2.20. The maximum Gasteiger partial charge on any atom is 0.121 e. The number of likely N-dealkylation sites (N-methyl/N-ethyl adjacent to an activating group) is 1. The smallest absolute Gasteiger partial charge is 0.121 e. The van der Waals surface area contributed by atoms with Crippen molar-refractivity contribution in [2.75, 3.05) is 14.2 Å². The fourth-order valence-corrected chi connectivity index (χ4v) is 1.99. The van der Waals surface area contributed by atoms with Crippen LogP contribution in [0.15, 0.2) is 18.2 Å². The molecule has 2 heteroatoms. The van der Waals surface area contributed by atoms with Crippen LogP contribution in [0, 0.1) is 12.8 Å². The zero-order valence-electron chi connectivity index (χ0n) is 11.0. The second-order valence-corrected chi connectivity index (χ2v) is 4.65. The molecule has 1 rings (SSSR count). The Morgan fingerprint density at radius 3 is 2.44 bits per heavy atom. The number of rotatable bonds is 5. The lowest BCUT2D eigenvalue weighted by Crippen LogP contribution is -2.32. The Morgan fingerprint density at radius 2 is 2.00 bits per heavy atom. The Morgan fingerprint density at radius 1 is 1.31 bits per heavy atom. The van der Waals surface area contributed by atoms with Crippen LogP contribution in [0.3, 0.4) is 0 Å². The Labute approximate surface area is 99.0 Å². The summed E-state index contributed by atoms with van der Waals surface area (Å²) in [5.41, 5.74) is 2.57. The molecule has 0 aromatic heterocycles. The van der Waals surface area contributed by atoms with Gasteiger partial charge in [0.1, 0.15) is 5.75 Å². The Bertz CT molecular complexity index is 334. The van der Waals surface area contributed by atoms with E-state index in [2.05, 4.69) is 44.3 Å². The molecule has 1 aromatic carbocycles. The Balaban J connectivity index is 2.78. The number of methoxy groups -OCH3 is 1. The number of benzene rings is 1. The number of nitrogens with one attached hydrogen (secondary N) is 1. The van der Waals surface area contributed by atoms with Gasteiger partial charge in [-0.05, 0) is 43.5 Å². The average molecular weight is 221 g/mol. The zero-order chi connectivity index (χ0) is 12.1. The second-order valence-electron chi connectivity index (χ2n) is 4.65. The van der Waals surface area contributed by atoms with Crippen LogP contribution in [0.1, 0.15) is 25.0 Å². The lowest BCUT2D eigenvalue weighted by molar-refractivity contribution is 0.409. The van der Waals surface area contributed by atoms with E-state index in [9.17, 15) is 0 Å². The highest BCUT2D eigenvalue weighted by atomic mass is 16.5. The third-order valence-corrected chi connectivity index (χ3v) is 3.09. The van der Waals surface area contributed by atoms with Crippen LogP contribution in [0.2, 0.25) is 0 Å². The van der Waals surface area contributed by atoms with Gasteiger partial charge in [-0.1, -0.05) is 26.0 Å². The van der Waals surface area contributed by atoms with Crippen molar-refractivity contribution in [1.82, 2.24) is 5.32 Å². The maximum absolute atomic E-state index is 5.26. The molecular formula is C14H23NO. The molecule has 0 aliphatic rings. The van der Waals surface area contributed by atoms with Crippen LogP contribution < -0.4 is 10.1 Å². The van der Waals surface area contributed by atoms with E-state index in [0.717, 1.165) is 12.2 Å². The molecule has 0 fully saturated rings. The predicted molar refractivity (Wildman–Crippen MR) is 69.1 cm³/mol. The van der Waals surface area contributed by atoms with E-state index < -0.39 is 0 Å². The van der Waals surface area contributed by atoms with Crippen molar-refractivity contribution < 1.29 is 4.74 Å². The summed E-state index contributed by atoms with van der Waals surface area (Å²) in [6.45, 7) is 6.58. The van der Waals surface area contributed by atoms with Gasteiger partial charge in [-0.2, -0.15) is 0 Å². The molecule has 1 atom stereocenters. The second kappa shape index (κ2) is 5.90. The van der Waals surface area contributed by atoms with Crippen molar-refractivity contribution >= 4 is 0 Å². The minimum absolute atomic E-state index is 0.535. The maximum atomic E-state index is 5.26. The van der Waals surface area contributed by atoms with E-state index in [0.29, 0.717) is 12.0 Å². The van der Waals surface area contributed by atoms with Gasteiger partial charge in [0.25, 0.3) is 0 Å². The molecule has 1 aromatic rings. The molecule has 0 bridgehead atoms. The van der Waals surface area contributed by atoms with E-state index in [1.54, 1.807) is 7.11 Å². The quantitative estimate of drug-likeness (QED) is 0.825. The minimum Gasteiger partial charge on any atom is -0.496 e. The van der Waals surface area contributed by atoms with Crippen molar-refractivity contribution in [3.63, 3.8) is 0 Å². The molecule has 0 saturated heterocycles. The SMILES string of the molecule is CNC(Cc1ccc(OC)c(C)c1)C(C)C. The van der Waals surface area contributed by atoms with Crippen LogP contribution >= 0.6 is 0 Å². The molecule has 1 unspecified atom stereocenters. The fraction of sp³-hybridized carbons (Fsp3) is 0.571. The fourth-order valence-electron chi connectivity index (χ4n) is 1.99. The summed E-state index contributed by atoms with van der Waals surface area (Å²) >= 11 is 0. The standard InChI is InChI=1S/C14H23NO/c1-10(2)13(15-4)9-12-6-7-14(16-5)11(3)8-12/h6-8,10,13,15H,9H2,1-5H3. The lowest BCUT2D eigenvalue weighted by Gasteiger charge is -2.20. The number of ether oxygens (including phenoxy) is 1. The van der Waals surface area contributed by atoms with Crippen LogP contribution in [0.5, 0.6) is 5.75 Å². The summed E-state index contributed by atoms with van der Waals surface area (Å²) in [5, 5.41) is 3.37. The largest absolute Gasteiger partial charge is 0.496 e. The Kier molecular flexibility index (Phi) is 4.81. The van der Waals surface area contributed by atoms with E-state index in [-0.39, 0.29) is 0 Å². The van der Waals surface area contributed by atoms with Crippen molar-refractivity contribution in [2.45, 2.75) is 33.2 Å². The van der Waals surface area contributed by atoms with Crippen LogP contribution in [0.4, 0.5) is 0 Å². The van der Waals surface area contributed by atoms with Gasteiger partial charge in [0.05, 0.1) is 7.11 Å². The van der Waals surface area contributed by atoms with Gasteiger partial charge < -0.3 is 10.1 Å². The number of aryl methyl sites for hydroxylation is 1. The first-order valence-electron chi connectivity index (χ1n) is 5.89. The van der Waals surface area contributed by atoms with Gasteiger partial charge in [0, 0.05) is 6.04 Å². The third kappa shape index (κ3) is 3.24. The number of hydrogen-bond acceptors (Lipinski definition) is 2. The highest BCUT2D eigenvalue weighted by molar-refractivity contribution is 5.36. The summed E-state index contributed by atoms with van der Waals surface area (Å²) in [4.78, 5) is 0. The molecule has 0 heterocycles. The monoisotopic (exact) mass is 221 g/mol.